The largest absolute Gasteiger partial charge is 0.472 e. The smallest absolute Gasteiger partial charge is 0.462 e. The molecule has 0 aromatic heterocycles. The summed E-state index contributed by atoms with van der Waals surface area (Å²) in [5.74, 6) is 0.173. The first-order chi connectivity index (χ1) is 46.8. The van der Waals surface area contributed by atoms with E-state index < -0.39 is 97.5 Å². The van der Waals surface area contributed by atoms with Crippen molar-refractivity contribution >= 4 is 39.5 Å². The second kappa shape index (κ2) is 68.0. The van der Waals surface area contributed by atoms with E-state index in [9.17, 15) is 43.2 Å². The molecule has 0 saturated heterocycles. The minimum Gasteiger partial charge on any atom is -0.462 e. The Kier molecular flexibility index (Phi) is 66.3. The van der Waals surface area contributed by atoms with Crippen molar-refractivity contribution in [1.29, 1.82) is 0 Å². The van der Waals surface area contributed by atoms with E-state index in [-0.39, 0.29) is 25.7 Å². The van der Waals surface area contributed by atoms with Gasteiger partial charge in [-0.15, -0.1) is 0 Å². The first-order valence-electron chi connectivity index (χ1n) is 39.7. The summed E-state index contributed by atoms with van der Waals surface area (Å²) in [6.07, 6.45) is 57.6. The Bertz CT molecular complexity index is 1980. The van der Waals surface area contributed by atoms with Gasteiger partial charge in [0.2, 0.25) is 0 Å². The normalized spacial score (nSPS) is 14.5. The van der Waals surface area contributed by atoms with Crippen molar-refractivity contribution in [1.82, 2.24) is 0 Å². The van der Waals surface area contributed by atoms with E-state index in [4.69, 9.17) is 37.0 Å². The Hall–Kier alpha value is -2.46. The molecular weight excluding hydrogens is 1270 g/mol. The molecule has 19 heteroatoms. The van der Waals surface area contributed by atoms with Gasteiger partial charge in [0, 0.05) is 25.7 Å². The van der Waals surface area contributed by atoms with Gasteiger partial charge in [-0.2, -0.15) is 0 Å². The lowest BCUT2D eigenvalue weighted by molar-refractivity contribution is -0.161. The number of carbonyl (C=O) groups excluding carboxylic acids is 4. The Labute approximate surface area is 592 Å². The van der Waals surface area contributed by atoms with Crippen LogP contribution in [0.2, 0.25) is 0 Å². The fraction of sp³-hybridized carbons (Fsp3) is 0.897. The Morgan fingerprint density at radius 1 is 0.340 bits per heavy atom. The van der Waals surface area contributed by atoms with Crippen LogP contribution in [0.5, 0.6) is 0 Å². The number of hydrogen-bond acceptors (Lipinski definition) is 15. The molecule has 0 aromatic rings. The number of ether oxygens (including phenoxy) is 4. The minimum atomic E-state index is -4.97. The van der Waals surface area contributed by atoms with Crippen LogP contribution in [-0.4, -0.2) is 96.7 Å². The number of phosphoric acid groups is 2. The zero-order valence-electron chi connectivity index (χ0n) is 63.0. The number of rotatable bonds is 74. The molecule has 0 aliphatic heterocycles. The number of phosphoric ester groups is 2. The molecule has 3 unspecified atom stereocenters. The van der Waals surface area contributed by atoms with Crippen molar-refractivity contribution in [2.75, 3.05) is 39.6 Å². The average molecular weight is 1420 g/mol. The number of esters is 4. The van der Waals surface area contributed by atoms with Gasteiger partial charge in [-0.25, -0.2) is 9.13 Å². The summed E-state index contributed by atoms with van der Waals surface area (Å²) in [5, 5.41) is 10.6. The Morgan fingerprint density at radius 2 is 0.608 bits per heavy atom. The summed E-state index contributed by atoms with van der Waals surface area (Å²) in [6.45, 7) is 11.9. The summed E-state index contributed by atoms with van der Waals surface area (Å²) in [6, 6.07) is 0. The summed E-state index contributed by atoms with van der Waals surface area (Å²) in [4.78, 5) is 72.9. The van der Waals surface area contributed by atoms with E-state index in [0.29, 0.717) is 25.7 Å². The van der Waals surface area contributed by atoms with Gasteiger partial charge in [0.05, 0.1) is 26.4 Å². The number of aliphatic hydroxyl groups excluding tert-OH is 1. The maximum Gasteiger partial charge on any atom is 0.472 e. The summed E-state index contributed by atoms with van der Waals surface area (Å²) in [5.41, 5.74) is 0. The summed E-state index contributed by atoms with van der Waals surface area (Å²) < 4.78 is 68.6. The molecule has 0 spiro atoms. The molecule has 0 radical (unpaired) electrons. The van der Waals surface area contributed by atoms with Crippen molar-refractivity contribution in [2.24, 2.45) is 17.8 Å². The number of carbonyl (C=O) groups is 4. The number of aliphatic hydroxyl groups is 1. The first-order valence-corrected chi connectivity index (χ1v) is 42.7. The maximum atomic E-state index is 13.1. The van der Waals surface area contributed by atoms with Gasteiger partial charge in [-0.1, -0.05) is 323 Å². The third kappa shape index (κ3) is 70.4. The molecule has 0 amide bonds. The molecule has 572 valence electrons. The van der Waals surface area contributed by atoms with Crippen molar-refractivity contribution in [3.05, 3.63) is 24.3 Å². The topological polar surface area (TPSA) is 237 Å². The van der Waals surface area contributed by atoms with Gasteiger partial charge in [-0.05, 0) is 69.1 Å². The molecular formula is C78H148O17P2. The molecule has 0 aliphatic carbocycles. The van der Waals surface area contributed by atoms with Crippen LogP contribution in [-0.2, 0) is 65.4 Å². The third-order valence-electron chi connectivity index (χ3n) is 17.9. The predicted octanol–water partition coefficient (Wildman–Crippen LogP) is 22.5. The summed E-state index contributed by atoms with van der Waals surface area (Å²) >= 11 is 0. The molecule has 0 heterocycles. The third-order valence-corrected chi connectivity index (χ3v) is 19.8. The molecule has 0 fully saturated rings. The Balaban J connectivity index is 5.30. The standard InChI is InChI=1S/C78H148O17P2/c1-8-10-11-12-13-14-15-16-17-21-24-30-38-45-52-59-75(80)88-65-73(94-77(82)61-54-47-40-31-25-22-19-18-20-23-28-35-42-49-56-69(3)4)67-92-96(84,85)90-63-72(79)64-91-97(86,87)93-68-74(66-89-76(81)60-53-46-39-34-33-36-43-50-57-70(5)6)95-78(83)62-55-48-41-32-27-26-29-37-44-51-58-71(7)9-2/h14-17,69-74,79H,8-13,18-68H2,1-7H3,(H,84,85)(H,86,87)/b15-14-,17-16-/t71?,72-,73-,74-/m1/s1. The maximum absolute atomic E-state index is 13.1. The van der Waals surface area contributed by atoms with E-state index in [1.54, 1.807) is 0 Å². The number of allylic oxidation sites excluding steroid dienone is 4. The van der Waals surface area contributed by atoms with E-state index in [1.807, 2.05) is 0 Å². The van der Waals surface area contributed by atoms with Crippen LogP contribution in [0.15, 0.2) is 24.3 Å². The van der Waals surface area contributed by atoms with Crippen LogP contribution in [0.4, 0.5) is 0 Å². The van der Waals surface area contributed by atoms with Crippen LogP contribution in [0.3, 0.4) is 0 Å². The number of hydrogen-bond donors (Lipinski definition) is 3. The second-order valence-electron chi connectivity index (χ2n) is 28.6. The lowest BCUT2D eigenvalue weighted by atomic mass is 9.99. The van der Waals surface area contributed by atoms with E-state index >= 15 is 0 Å². The number of unbranched alkanes of at least 4 members (excludes halogenated alkanes) is 38. The van der Waals surface area contributed by atoms with Crippen LogP contribution >= 0.6 is 15.6 Å². The van der Waals surface area contributed by atoms with Crippen molar-refractivity contribution in [3.8, 4) is 0 Å². The molecule has 0 aliphatic rings. The highest BCUT2D eigenvalue weighted by atomic mass is 31.2. The zero-order valence-corrected chi connectivity index (χ0v) is 64.8. The van der Waals surface area contributed by atoms with Crippen molar-refractivity contribution in [2.45, 2.75) is 394 Å². The monoisotopic (exact) mass is 1420 g/mol. The van der Waals surface area contributed by atoms with E-state index in [2.05, 4.69) is 72.8 Å². The van der Waals surface area contributed by atoms with Gasteiger partial charge < -0.3 is 33.8 Å². The summed E-state index contributed by atoms with van der Waals surface area (Å²) in [7, 11) is -9.93. The average Bonchev–Trinajstić information content (AvgIpc) is 1.20. The zero-order chi connectivity index (χ0) is 71.6. The Morgan fingerprint density at radius 3 is 0.918 bits per heavy atom. The quantitative estimate of drug-likeness (QED) is 0.0169. The van der Waals surface area contributed by atoms with Crippen LogP contribution < -0.4 is 0 Å². The molecule has 0 aromatic carbocycles. The van der Waals surface area contributed by atoms with Gasteiger partial charge in [0.15, 0.2) is 12.2 Å². The SMILES string of the molecule is CCCCCC/C=C\C=C/CCCCCCCC(=O)OC[C@H](COP(=O)(O)OC[C@@H](O)COP(=O)(O)OC[C@@H](COC(=O)CCCCCCCCCCC(C)C)OC(=O)CCCCCCCCCCCCC(C)CC)OC(=O)CCCCCCCCCCCCCCCCC(C)C. The molecule has 97 heavy (non-hydrogen) atoms. The lowest BCUT2D eigenvalue weighted by Crippen LogP contribution is -2.30. The van der Waals surface area contributed by atoms with Crippen molar-refractivity contribution < 1.29 is 80.2 Å². The fourth-order valence-corrected chi connectivity index (χ4v) is 13.0. The second-order valence-corrected chi connectivity index (χ2v) is 31.5. The predicted molar refractivity (Wildman–Crippen MR) is 395 cm³/mol. The lowest BCUT2D eigenvalue weighted by Gasteiger charge is -2.21. The molecule has 0 bridgehead atoms. The van der Waals surface area contributed by atoms with E-state index in [0.717, 1.165) is 127 Å². The minimum absolute atomic E-state index is 0.100. The van der Waals surface area contributed by atoms with Gasteiger partial charge in [-0.3, -0.25) is 37.3 Å². The fourth-order valence-electron chi connectivity index (χ4n) is 11.4. The van der Waals surface area contributed by atoms with Gasteiger partial charge in [0.1, 0.15) is 19.3 Å². The van der Waals surface area contributed by atoms with Crippen LogP contribution in [0, 0.1) is 17.8 Å². The van der Waals surface area contributed by atoms with Gasteiger partial charge >= 0.3 is 39.5 Å². The van der Waals surface area contributed by atoms with Gasteiger partial charge in [0.25, 0.3) is 0 Å². The van der Waals surface area contributed by atoms with Crippen molar-refractivity contribution in [3.63, 3.8) is 0 Å². The molecule has 3 N–H and O–H groups in total. The molecule has 0 saturated carbocycles. The molecule has 6 atom stereocenters. The van der Waals surface area contributed by atoms with Crippen LogP contribution in [0.25, 0.3) is 0 Å². The highest BCUT2D eigenvalue weighted by molar-refractivity contribution is 7.47. The van der Waals surface area contributed by atoms with E-state index in [1.165, 1.54) is 167 Å². The molecule has 17 nitrogen and oxygen atoms in total. The molecule has 0 rings (SSSR count). The highest BCUT2D eigenvalue weighted by Gasteiger charge is 2.30. The highest BCUT2D eigenvalue weighted by Crippen LogP contribution is 2.45. The van der Waals surface area contributed by atoms with Crippen LogP contribution in [0.1, 0.15) is 376 Å². The first kappa shape index (κ1) is 94.5.